The molecule has 1 atom stereocenters. The van der Waals surface area contributed by atoms with E-state index in [9.17, 15) is 9.59 Å². The summed E-state index contributed by atoms with van der Waals surface area (Å²) >= 11 is 1.34. The van der Waals surface area contributed by atoms with Crippen molar-refractivity contribution in [3.63, 3.8) is 0 Å². The van der Waals surface area contributed by atoms with Gasteiger partial charge in [0.1, 0.15) is 0 Å². The van der Waals surface area contributed by atoms with E-state index in [-0.39, 0.29) is 22.8 Å². The molecule has 1 N–H and O–H groups in total. The van der Waals surface area contributed by atoms with E-state index in [0.717, 1.165) is 24.1 Å². The number of hydrogen-bond donors (Lipinski definition) is 1. The molecular formula is C21H21N3O2S. The van der Waals surface area contributed by atoms with Gasteiger partial charge in [0.2, 0.25) is 5.91 Å². The summed E-state index contributed by atoms with van der Waals surface area (Å²) in [5.41, 5.74) is 2.52. The van der Waals surface area contributed by atoms with Gasteiger partial charge in [-0.25, -0.2) is 4.98 Å². The van der Waals surface area contributed by atoms with Crippen molar-refractivity contribution in [3.8, 4) is 0 Å². The van der Waals surface area contributed by atoms with Crippen LogP contribution in [0.2, 0.25) is 0 Å². The summed E-state index contributed by atoms with van der Waals surface area (Å²) in [6.07, 6.45) is 1.97. The molecule has 0 saturated heterocycles. The minimum Gasteiger partial charge on any atom is -0.325 e. The topological polar surface area (TPSA) is 64.0 Å². The SMILES string of the molecule is Cc1cccc(NC(=O)C(C)Sc2nc3ccccc3c(=O)n2C2CC2)c1. The predicted octanol–water partition coefficient (Wildman–Crippen LogP) is 4.16. The highest BCUT2D eigenvalue weighted by Gasteiger charge is 2.30. The van der Waals surface area contributed by atoms with Crippen molar-refractivity contribution in [2.75, 3.05) is 5.32 Å². The Hall–Kier alpha value is -2.60. The van der Waals surface area contributed by atoms with Gasteiger partial charge < -0.3 is 5.32 Å². The molecule has 1 fully saturated rings. The molecule has 138 valence electrons. The van der Waals surface area contributed by atoms with E-state index in [1.165, 1.54) is 11.8 Å². The molecule has 4 rings (SSSR count). The Morgan fingerprint density at radius 1 is 1.22 bits per heavy atom. The van der Waals surface area contributed by atoms with Crippen molar-refractivity contribution in [2.24, 2.45) is 0 Å². The van der Waals surface area contributed by atoms with Gasteiger partial charge in [-0.2, -0.15) is 0 Å². The molecule has 3 aromatic rings. The number of carbonyl (C=O) groups excluding carboxylic acids is 1. The van der Waals surface area contributed by atoms with E-state index >= 15 is 0 Å². The van der Waals surface area contributed by atoms with Crippen LogP contribution in [0.15, 0.2) is 58.5 Å². The molecular weight excluding hydrogens is 358 g/mol. The molecule has 1 amide bonds. The minimum atomic E-state index is -0.372. The lowest BCUT2D eigenvalue weighted by molar-refractivity contribution is -0.115. The number of anilines is 1. The summed E-state index contributed by atoms with van der Waals surface area (Å²) in [6, 6.07) is 15.3. The van der Waals surface area contributed by atoms with Gasteiger partial charge in [-0.15, -0.1) is 0 Å². The van der Waals surface area contributed by atoms with Gasteiger partial charge in [0.15, 0.2) is 5.16 Å². The highest BCUT2D eigenvalue weighted by molar-refractivity contribution is 8.00. The van der Waals surface area contributed by atoms with Crippen molar-refractivity contribution in [1.29, 1.82) is 0 Å². The lowest BCUT2D eigenvalue weighted by atomic mass is 10.2. The van der Waals surface area contributed by atoms with E-state index in [1.54, 1.807) is 4.57 Å². The lowest BCUT2D eigenvalue weighted by Gasteiger charge is -2.16. The molecule has 27 heavy (non-hydrogen) atoms. The zero-order chi connectivity index (χ0) is 19.0. The van der Waals surface area contributed by atoms with Gasteiger partial charge >= 0.3 is 0 Å². The Morgan fingerprint density at radius 3 is 2.74 bits per heavy atom. The molecule has 0 bridgehead atoms. The Labute approximate surface area is 161 Å². The standard InChI is InChI=1S/C21H21N3O2S/c1-13-6-5-7-15(12-13)22-19(25)14(2)27-21-23-18-9-4-3-8-17(18)20(26)24(21)16-10-11-16/h3-9,12,14,16H,10-11H2,1-2H3,(H,22,25). The van der Waals surface area contributed by atoms with E-state index in [1.807, 2.05) is 62.4 Å². The number of carbonyl (C=O) groups is 1. The van der Waals surface area contributed by atoms with Crippen LogP contribution in [0.25, 0.3) is 10.9 Å². The van der Waals surface area contributed by atoms with Gasteiger partial charge in [0.05, 0.1) is 16.2 Å². The Kier molecular flexibility index (Phi) is 4.74. The van der Waals surface area contributed by atoms with E-state index < -0.39 is 0 Å². The van der Waals surface area contributed by atoms with Gasteiger partial charge in [-0.3, -0.25) is 14.2 Å². The molecule has 6 heteroatoms. The number of para-hydroxylation sites is 1. The Bertz CT molecular complexity index is 1070. The number of rotatable bonds is 5. The molecule has 5 nitrogen and oxygen atoms in total. The Balaban J connectivity index is 1.61. The van der Waals surface area contributed by atoms with Crippen molar-refractivity contribution >= 4 is 34.3 Å². The summed E-state index contributed by atoms with van der Waals surface area (Å²) < 4.78 is 1.77. The maximum Gasteiger partial charge on any atom is 0.262 e. The van der Waals surface area contributed by atoms with Crippen LogP contribution in [0.1, 0.15) is 31.4 Å². The van der Waals surface area contributed by atoms with Crippen LogP contribution in [0.4, 0.5) is 5.69 Å². The first-order valence-electron chi connectivity index (χ1n) is 9.08. The highest BCUT2D eigenvalue weighted by atomic mass is 32.2. The quantitative estimate of drug-likeness (QED) is 0.534. The number of nitrogens with one attached hydrogen (secondary N) is 1. The number of amides is 1. The van der Waals surface area contributed by atoms with Gasteiger partial charge in [-0.05, 0) is 56.5 Å². The largest absolute Gasteiger partial charge is 0.325 e. The lowest BCUT2D eigenvalue weighted by Crippen LogP contribution is -2.26. The van der Waals surface area contributed by atoms with Crippen LogP contribution in [-0.2, 0) is 4.79 Å². The number of hydrogen-bond acceptors (Lipinski definition) is 4. The van der Waals surface area contributed by atoms with Crippen LogP contribution < -0.4 is 10.9 Å². The van der Waals surface area contributed by atoms with E-state index in [0.29, 0.717) is 16.1 Å². The van der Waals surface area contributed by atoms with Gasteiger partial charge in [-0.1, -0.05) is 36.0 Å². The second kappa shape index (κ2) is 7.19. The number of benzene rings is 2. The molecule has 0 radical (unpaired) electrons. The number of aromatic nitrogens is 2. The van der Waals surface area contributed by atoms with Crippen molar-refractivity contribution < 1.29 is 4.79 Å². The summed E-state index contributed by atoms with van der Waals surface area (Å²) in [4.78, 5) is 30.2. The normalized spacial score (nSPS) is 14.9. The maximum absolute atomic E-state index is 12.9. The van der Waals surface area contributed by atoms with Crippen LogP contribution in [-0.4, -0.2) is 20.7 Å². The zero-order valence-electron chi connectivity index (χ0n) is 15.3. The number of thioether (sulfide) groups is 1. The van der Waals surface area contributed by atoms with Crippen LogP contribution in [0.5, 0.6) is 0 Å². The third-order valence-electron chi connectivity index (χ3n) is 4.62. The van der Waals surface area contributed by atoms with Crippen molar-refractivity contribution in [2.45, 2.75) is 43.1 Å². The van der Waals surface area contributed by atoms with Crippen molar-refractivity contribution in [3.05, 3.63) is 64.4 Å². The number of aryl methyl sites for hydroxylation is 1. The molecule has 2 aromatic carbocycles. The highest BCUT2D eigenvalue weighted by Crippen LogP contribution is 2.37. The smallest absolute Gasteiger partial charge is 0.262 e. The summed E-state index contributed by atoms with van der Waals surface area (Å²) in [5, 5.41) is 3.82. The fourth-order valence-electron chi connectivity index (χ4n) is 3.04. The van der Waals surface area contributed by atoms with Gasteiger partial charge in [0.25, 0.3) is 5.56 Å². The predicted molar refractivity (Wildman–Crippen MR) is 109 cm³/mol. The first-order valence-corrected chi connectivity index (χ1v) is 9.96. The molecule has 1 unspecified atom stereocenters. The van der Waals surface area contributed by atoms with E-state index in [2.05, 4.69) is 10.3 Å². The second-order valence-corrected chi connectivity index (χ2v) is 8.24. The fraction of sp³-hybridized carbons (Fsp3) is 0.286. The Morgan fingerprint density at radius 2 is 2.00 bits per heavy atom. The molecule has 0 aliphatic heterocycles. The third-order valence-corrected chi connectivity index (χ3v) is 5.69. The van der Waals surface area contributed by atoms with Crippen molar-refractivity contribution in [1.82, 2.24) is 9.55 Å². The monoisotopic (exact) mass is 379 g/mol. The van der Waals surface area contributed by atoms with Crippen LogP contribution >= 0.6 is 11.8 Å². The van der Waals surface area contributed by atoms with E-state index in [4.69, 9.17) is 0 Å². The summed E-state index contributed by atoms with van der Waals surface area (Å²) in [6.45, 7) is 3.83. The average Bonchev–Trinajstić information content (AvgIpc) is 3.47. The first-order chi connectivity index (χ1) is 13.0. The van der Waals surface area contributed by atoms with Gasteiger partial charge in [0, 0.05) is 11.7 Å². The fourth-order valence-corrected chi connectivity index (χ4v) is 4.02. The van der Waals surface area contributed by atoms with Crippen LogP contribution in [0, 0.1) is 6.92 Å². The minimum absolute atomic E-state index is 0.0168. The number of fused-ring (bicyclic) bond motifs is 1. The molecule has 0 spiro atoms. The molecule has 1 heterocycles. The van der Waals surface area contributed by atoms with Crippen LogP contribution in [0.3, 0.4) is 0 Å². The second-order valence-electron chi connectivity index (χ2n) is 6.94. The molecule has 1 aliphatic carbocycles. The summed E-state index contributed by atoms with van der Waals surface area (Å²) in [5.74, 6) is -0.102. The number of nitrogens with zero attached hydrogens (tertiary/aromatic N) is 2. The zero-order valence-corrected chi connectivity index (χ0v) is 16.1. The first kappa shape index (κ1) is 17.8. The molecule has 1 aromatic heterocycles. The molecule has 1 saturated carbocycles. The average molecular weight is 379 g/mol. The maximum atomic E-state index is 12.9. The summed E-state index contributed by atoms with van der Waals surface area (Å²) in [7, 11) is 0. The molecule has 1 aliphatic rings. The third kappa shape index (κ3) is 3.76.